The van der Waals surface area contributed by atoms with E-state index in [-0.39, 0.29) is 0 Å². The van der Waals surface area contributed by atoms with E-state index in [0.29, 0.717) is 24.4 Å². The van der Waals surface area contributed by atoms with Crippen molar-refractivity contribution in [3.63, 3.8) is 0 Å². The van der Waals surface area contributed by atoms with Gasteiger partial charge in [-0.3, -0.25) is 0 Å². The minimum Gasteiger partial charge on any atom is -0.307 e. The molecule has 0 aromatic heterocycles. The summed E-state index contributed by atoms with van der Waals surface area (Å²) in [6.45, 7) is 8.94. The van der Waals surface area contributed by atoms with Gasteiger partial charge in [0.1, 0.15) is 0 Å². The monoisotopic (exact) mass is 252 g/mol. The quantitative estimate of drug-likeness (QED) is 0.773. The molecule has 5 heteroatoms. The van der Waals surface area contributed by atoms with E-state index in [1.165, 1.54) is 0 Å². The predicted octanol–water partition coefficient (Wildman–Crippen LogP) is 2.51. The highest BCUT2D eigenvalue weighted by Crippen LogP contribution is 2.33. The van der Waals surface area contributed by atoms with Crippen LogP contribution in [0.4, 0.5) is 13.2 Å². The van der Waals surface area contributed by atoms with Gasteiger partial charge < -0.3 is 10.2 Å². The molecule has 1 atom stereocenters. The van der Waals surface area contributed by atoms with E-state index in [0.717, 1.165) is 19.5 Å². The molecule has 0 aliphatic carbocycles. The lowest BCUT2D eigenvalue weighted by Crippen LogP contribution is -2.36. The van der Waals surface area contributed by atoms with Crippen LogP contribution < -0.4 is 5.32 Å². The fraction of sp³-hybridized carbons (Fsp3) is 1.00. The Bertz CT molecular complexity index is 233. The van der Waals surface area contributed by atoms with Gasteiger partial charge in [0.2, 0.25) is 0 Å². The molecule has 1 fully saturated rings. The number of nitrogens with zero attached hydrogens (tertiary/aromatic N) is 1. The molecule has 17 heavy (non-hydrogen) atoms. The van der Waals surface area contributed by atoms with Crippen molar-refractivity contribution in [1.82, 2.24) is 10.2 Å². The second-order valence-electron chi connectivity index (χ2n) is 5.94. The van der Waals surface area contributed by atoms with Gasteiger partial charge in [0.15, 0.2) is 0 Å². The van der Waals surface area contributed by atoms with Crippen LogP contribution in [0, 0.1) is 11.3 Å². The molecule has 0 bridgehead atoms. The molecular weight excluding hydrogens is 229 g/mol. The van der Waals surface area contributed by atoms with Crippen molar-refractivity contribution in [2.24, 2.45) is 11.3 Å². The first-order valence-electron chi connectivity index (χ1n) is 6.18. The maximum atomic E-state index is 11.9. The molecule has 1 N–H and O–H groups in total. The minimum atomic E-state index is -4.10. The molecule has 0 radical (unpaired) electrons. The molecule has 0 aromatic carbocycles. The molecule has 1 heterocycles. The summed E-state index contributed by atoms with van der Waals surface area (Å²) in [7, 11) is 0. The van der Waals surface area contributed by atoms with Gasteiger partial charge in [-0.25, -0.2) is 0 Å². The number of likely N-dealkylation sites (tertiary alicyclic amines) is 1. The van der Waals surface area contributed by atoms with Gasteiger partial charge in [-0.15, -0.1) is 0 Å². The summed E-state index contributed by atoms with van der Waals surface area (Å²) in [6, 6.07) is 0. The third-order valence-corrected chi connectivity index (χ3v) is 3.43. The number of hydrogen-bond donors (Lipinski definition) is 1. The van der Waals surface area contributed by atoms with E-state index in [4.69, 9.17) is 0 Å². The van der Waals surface area contributed by atoms with E-state index >= 15 is 0 Å². The van der Waals surface area contributed by atoms with Crippen LogP contribution in [0.3, 0.4) is 0 Å². The third kappa shape index (κ3) is 5.73. The van der Waals surface area contributed by atoms with Gasteiger partial charge >= 0.3 is 6.18 Å². The molecule has 0 saturated carbocycles. The molecule has 1 saturated heterocycles. The molecule has 1 aliphatic heterocycles. The summed E-state index contributed by atoms with van der Waals surface area (Å²) in [5, 5.41) is 2.44. The van der Waals surface area contributed by atoms with Gasteiger partial charge in [-0.2, -0.15) is 13.2 Å². The van der Waals surface area contributed by atoms with Gasteiger partial charge in [-0.05, 0) is 24.3 Å². The van der Waals surface area contributed by atoms with Crippen molar-refractivity contribution < 1.29 is 13.2 Å². The SMILES string of the molecule is CC(C)(C)C1CCN(CCNCC(F)(F)F)C1. The Labute approximate surface area is 102 Å². The molecule has 1 rings (SSSR count). The van der Waals surface area contributed by atoms with E-state index in [2.05, 4.69) is 31.0 Å². The highest BCUT2D eigenvalue weighted by molar-refractivity contribution is 4.83. The fourth-order valence-corrected chi connectivity index (χ4v) is 2.21. The van der Waals surface area contributed by atoms with Crippen LogP contribution in [0.1, 0.15) is 27.2 Å². The molecule has 1 unspecified atom stereocenters. The van der Waals surface area contributed by atoms with Crippen LogP contribution in [0.2, 0.25) is 0 Å². The van der Waals surface area contributed by atoms with Crippen molar-refractivity contribution in [3.05, 3.63) is 0 Å². The second-order valence-corrected chi connectivity index (χ2v) is 5.94. The topological polar surface area (TPSA) is 15.3 Å². The smallest absolute Gasteiger partial charge is 0.307 e. The van der Waals surface area contributed by atoms with E-state index in [1.54, 1.807) is 0 Å². The zero-order valence-corrected chi connectivity index (χ0v) is 10.9. The summed E-state index contributed by atoms with van der Waals surface area (Å²) in [4.78, 5) is 2.25. The van der Waals surface area contributed by atoms with Gasteiger partial charge in [-0.1, -0.05) is 20.8 Å². The average Bonchev–Trinajstić information content (AvgIpc) is 2.58. The lowest BCUT2D eigenvalue weighted by atomic mass is 9.80. The van der Waals surface area contributed by atoms with Gasteiger partial charge in [0, 0.05) is 19.6 Å². The Hall–Kier alpha value is -0.290. The number of alkyl halides is 3. The Morgan fingerprint density at radius 1 is 1.24 bits per heavy atom. The summed E-state index contributed by atoms with van der Waals surface area (Å²) >= 11 is 0. The number of nitrogens with one attached hydrogen (secondary N) is 1. The zero-order chi connectivity index (χ0) is 13.1. The van der Waals surface area contributed by atoms with E-state index in [1.807, 2.05) is 0 Å². The largest absolute Gasteiger partial charge is 0.401 e. The average molecular weight is 252 g/mol. The van der Waals surface area contributed by atoms with Gasteiger partial charge in [0.05, 0.1) is 6.54 Å². The van der Waals surface area contributed by atoms with Crippen molar-refractivity contribution in [3.8, 4) is 0 Å². The first-order chi connectivity index (χ1) is 7.68. The summed E-state index contributed by atoms with van der Waals surface area (Å²) < 4.78 is 35.7. The maximum Gasteiger partial charge on any atom is 0.401 e. The standard InChI is InChI=1S/C12H23F3N2/c1-11(2,3)10-4-6-17(8-10)7-5-16-9-12(13,14)15/h10,16H,4-9H2,1-3H3. The highest BCUT2D eigenvalue weighted by Gasteiger charge is 2.31. The van der Waals surface area contributed by atoms with Crippen LogP contribution >= 0.6 is 0 Å². The lowest BCUT2D eigenvalue weighted by molar-refractivity contribution is -0.124. The van der Waals surface area contributed by atoms with Crippen LogP contribution in [-0.2, 0) is 0 Å². The van der Waals surface area contributed by atoms with Crippen LogP contribution in [0.25, 0.3) is 0 Å². The Morgan fingerprint density at radius 3 is 2.35 bits per heavy atom. The van der Waals surface area contributed by atoms with E-state index in [9.17, 15) is 13.2 Å². The van der Waals surface area contributed by atoms with Crippen molar-refractivity contribution in [2.75, 3.05) is 32.7 Å². The Morgan fingerprint density at radius 2 is 1.88 bits per heavy atom. The number of rotatable bonds is 4. The van der Waals surface area contributed by atoms with E-state index < -0.39 is 12.7 Å². The predicted molar refractivity (Wildman–Crippen MR) is 62.9 cm³/mol. The highest BCUT2D eigenvalue weighted by atomic mass is 19.4. The third-order valence-electron chi connectivity index (χ3n) is 3.43. The molecule has 0 aromatic rings. The molecule has 102 valence electrons. The maximum absolute atomic E-state index is 11.9. The van der Waals surface area contributed by atoms with Crippen molar-refractivity contribution >= 4 is 0 Å². The Balaban J connectivity index is 2.15. The fourth-order valence-electron chi connectivity index (χ4n) is 2.21. The number of hydrogen-bond acceptors (Lipinski definition) is 2. The zero-order valence-electron chi connectivity index (χ0n) is 10.9. The lowest BCUT2D eigenvalue weighted by Gasteiger charge is -2.27. The van der Waals surface area contributed by atoms with Crippen molar-refractivity contribution in [1.29, 1.82) is 0 Å². The van der Waals surface area contributed by atoms with Crippen molar-refractivity contribution in [2.45, 2.75) is 33.4 Å². The van der Waals surface area contributed by atoms with Crippen LogP contribution in [0.15, 0.2) is 0 Å². The first kappa shape index (κ1) is 14.8. The van der Waals surface area contributed by atoms with Gasteiger partial charge in [0.25, 0.3) is 0 Å². The van der Waals surface area contributed by atoms with Crippen LogP contribution in [-0.4, -0.2) is 43.8 Å². The molecular formula is C12H23F3N2. The minimum absolute atomic E-state index is 0.300. The molecule has 1 aliphatic rings. The molecule has 0 amide bonds. The van der Waals surface area contributed by atoms with Crippen LogP contribution in [0.5, 0.6) is 0 Å². The summed E-state index contributed by atoms with van der Waals surface area (Å²) in [5.74, 6) is 0.658. The normalized spacial score (nSPS) is 23.3. The first-order valence-corrected chi connectivity index (χ1v) is 6.18. The molecule has 0 spiro atoms. The Kier molecular flexibility index (Phi) is 4.84. The number of halogens is 3. The summed E-state index contributed by atoms with van der Waals surface area (Å²) in [6.07, 6.45) is -2.94. The molecule has 2 nitrogen and oxygen atoms in total. The second kappa shape index (κ2) is 5.57. The summed E-state index contributed by atoms with van der Waals surface area (Å²) in [5.41, 5.74) is 0.300.